The molecule has 0 atom stereocenters. The highest BCUT2D eigenvalue weighted by atomic mass is 19.5. The fraction of sp³-hybridized carbons (Fsp3) is 0.308. The molecule has 0 spiro atoms. The normalized spacial score (nSPS) is 11.7. The molecule has 0 bridgehead atoms. The quantitative estimate of drug-likeness (QED) is 0.407. The van der Waals surface area contributed by atoms with Crippen molar-refractivity contribution < 1.29 is 21.8 Å². The van der Waals surface area contributed by atoms with Crippen LogP contribution in [-0.2, 0) is 0 Å². The second kappa shape index (κ2) is 7.75. The molecule has 0 fully saturated rings. The number of nitrogens with one attached hydrogen (secondary N) is 1. The first-order valence-electron chi connectivity index (χ1n) is 6.63. The fourth-order valence-electron chi connectivity index (χ4n) is 1.81. The summed E-state index contributed by atoms with van der Waals surface area (Å²) in [5.74, 6) is 0. The largest absolute Gasteiger partial charge is 0.673 e. The molecule has 23 heavy (non-hydrogen) atoms. The van der Waals surface area contributed by atoms with Crippen molar-refractivity contribution in [3.05, 3.63) is 30.5 Å². The first-order chi connectivity index (χ1) is 10.6. The highest BCUT2D eigenvalue weighted by molar-refractivity contribution is 6.50. The number of aromatic nitrogens is 3. The van der Waals surface area contributed by atoms with Crippen molar-refractivity contribution in [2.24, 2.45) is 0 Å². The Hall–Kier alpha value is -2.39. The molecule has 0 amide bonds. The predicted molar refractivity (Wildman–Crippen MR) is 83.9 cm³/mol. The average Bonchev–Trinajstić information content (AvgIpc) is 2.82. The maximum atomic E-state index is 9.75. The molecule has 5 nitrogen and oxygen atoms in total. The first-order valence-corrected chi connectivity index (χ1v) is 6.63. The summed E-state index contributed by atoms with van der Waals surface area (Å²) >= 11 is 0. The van der Waals surface area contributed by atoms with Gasteiger partial charge in [-0.05, 0) is 6.07 Å². The van der Waals surface area contributed by atoms with Gasteiger partial charge in [-0.15, -0.1) is 0 Å². The van der Waals surface area contributed by atoms with E-state index in [9.17, 15) is 17.3 Å². The van der Waals surface area contributed by atoms with Crippen molar-refractivity contribution in [1.82, 2.24) is 19.9 Å². The van der Waals surface area contributed by atoms with Gasteiger partial charge in [0.05, 0.1) is 11.3 Å². The van der Waals surface area contributed by atoms with E-state index in [0.717, 1.165) is 22.3 Å². The Balaban J connectivity index is 0.000000463. The minimum absolute atomic E-state index is 0.858. The fourth-order valence-corrected chi connectivity index (χ4v) is 1.81. The molecule has 0 saturated carbocycles. The van der Waals surface area contributed by atoms with Crippen LogP contribution >= 0.6 is 0 Å². The van der Waals surface area contributed by atoms with Crippen LogP contribution in [0.25, 0.3) is 16.6 Å². The summed E-state index contributed by atoms with van der Waals surface area (Å²) in [7, 11) is 2.00. The molecule has 0 aliphatic rings. The highest BCUT2D eigenvalue weighted by Crippen LogP contribution is 2.19. The van der Waals surface area contributed by atoms with Gasteiger partial charge in [-0.2, -0.15) is 0 Å². The number of hydrogen-bond acceptors (Lipinski definition) is 3. The molecule has 0 aromatic carbocycles. The van der Waals surface area contributed by atoms with Gasteiger partial charge in [-0.25, -0.2) is 14.5 Å². The molecule has 0 unspecified atom stereocenters. The number of H-pyrrole nitrogens is 1. The van der Waals surface area contributed by atoms with Gasteiger partial charge in [0.1, 0.15) is 26.1 Å². The van der Waals surface area contributed by atoms with Gasteiger partial charge < -0.3 is 27.1 Å². The Morgan fingerprint density at radius 2 is 1.83 bits per heavy atom. The molecule has 2 rings (SSSR count). The van der Waals surface area contributed by atoms with Crippen LogP contribution in [0.1, 0.15) is 5.69 Å². The van der Waals surface area contributed by atoms with Crippen molar-refractivity contribution >= 4 is 30.1 Å². The number of halogens is 4. The summed E-state index contributed by atoms with van der Waals surface area (Å²) in [6.45, 7) is 0. The average molecular weight is 331 g/mol. The minimum atomic E-state index is -6.00. The molecule has 1 N–H and O–H groups in total. The number of nitrogens with zero attached hydrogens (tertiary/aromatic N) is 4. The van der Waals surface area contributed by atoms with Gasteiger partial charge in [0.25, 0.3) is 0 Å². The maximum absolute atomic E-state index is 9.75. The molecule has 0 aliphatic carbocycles. The van der Waals surface area contributed by atoms with E-state index in [1.54, 1.807) is 6.33 Å². The second-order valence-corrected chi connectivity index (χ2v) is 5.10. The summed E-state index contributed by atoms with van der Waals surface area (Å²) < 4.78 is 41.0. The Morgan fingerprint density at radius 3 is 2.35 bits per heavy atom. The predicted octanol–water partition coefficient (Wildman–Crippen LogP) is 2.50. The van der Waals surface area contributed by atoms with Crippen LogP contribution in [0.2, 0.25) is 0 Å². The van der Waals surface area contributed by atoms with E-state index >= 15 is 0 Å². The lowest BCUT2D eigenvalue weighted by Gasteiger charge is -2.07. The van der Waals surface area contributed by atoms with Gasteiger partial charge in [0, 0.05) is 31.9 Å². The lowest BCUT2D eigenvalue weighted by molar-refractivity contribution is -0.458. The third-order valence-corrected chi connectivity index (χ3v) is 2.42. The van der Waals surface area contributed by atoms with E-state index in [1.807, 2.05) is 49.9 Å². The van der Waals surface area contributed by atoms with E-state index in [-0.39, 0.29) is 0 Å². The number of allylic oxidation sites excluding steroid dienone is 1. The molecule has 0 radical (unpaired) electrons. The number of aromatic amines is 1. The summed E-state index contributed by atoms with van der Waals surface area (Å²) in [6.07, 6.45) is 7.57. The SMILES string of the molecule is CN(C)/C=C(\C=[N+](C)C)c1ncnc2[nH]ccc12.F[B-](F)(F)F. The van der Waals surface area contributed by atoms with Crippen LogP contribution in [-0.4, -0.2) is 66.1 Å². The number of fused-ring (bicyclic) bond motifs is 1. The summed E-state index contributed by atoms with van der Waals surface area (Å²) in [4.78, 5) is 13.7. The Morgan fingerprint density at radius 1 is 1.22 bits per heavy atom. The molecule has 0 saturated heterocycles. The third-order valence-electron chi connectivity index (χ3n) is 2.42. The van der Waals surface area contributed by atoms with Gasteiger partial charge in [-0.1, -0.05) is 0 Å². The number of rotatable bonds is 3. The van der Waals surface area contributed by atoms with E-state index < -0.39 is 7.25 Å². The molecule has 10 heteroatoms. The van der Waals surface area contributed by atoms with Crippen molar-refractivity contribution in [3.8, 4) is 0 Å². The minimum Gasteiger partial charge on any atom is -0.418 e. The van der Waals surface area contributed by atoms with Gasteiger partial charge in [0.15, 0.2) is 6.21 Å². The molecular weight excluding hydrogens is 313 g/mol. The van der Waals surface area contributed by atoms with Crippen LogP contribution in [0.15, 0.2) is 24.8 Å². The van der Waals surface area contributed by atoms with Gasteiger partial charge in [-0.3, -0.25) is 0 Å². The van der Waals surface area contributed by atoms with E-state index in [1.165, 1.54) is 0 Å². The topological polar surface area (TPSA) is 47.8 Å². The van der Waals surface area contributed by atoms with E-state index in [0.29, 0.717) is 0 Å². The summed E-state index contributed by atoms with van der Waals surface area (Å²) in [5, 5.41) is 1.03. The smallest absolute Gasteiger partial charge is 0.418 e. The monoisotopic (exact) mass is 331 g/mol. The number of hydrogen-bond donors (Lipinski definition) is 1. The van der Waals surface area contributed by atoms with Crippen molar-refractivity contribution in [1.29, 1.82) is 0 Å². The molecule has 2 heterocycles. The van der Waals surface area contributed by atoms with Gasteiger partial charge in [0.2, 0.25) is 0 Å². The van der Waals surface area contributed by atoms with Crippen LogP contribution in [0.3, 0.4) is 0 Å². The summed E-state index contributed by atoms with van der Waals surface area (Å²) in [5.41, 5.74) is 2.84. The van der Waals surface area contributed by atoms with E-state index in [4.69, 9.17) is 0 Å². The molecule has 0 aliphatic heterocycles. The van der Waals surface area contributed by atoms with Crippen LogP contribution in [0, 0.1) is 0 Å². The van der Waals surface area contributed by atoms with Crippen LogP contribution in [0.4, 0.5) is 17.3 Å². The molecule has 126 valence electrons. The summed E-state index contributed by atoms with van der Waals surface area (Å²) in [6, 6.07) is 2.00. The molecule has 2 aromatic heterocycles. The standard InChI is InChI=1S/C13H18N5.BF4/c1-17(2)7-10(8-18(3)4)12-11-5-6-14-13(11)16-9-15-12;2-1(3,4)5/h5-9H,1-4H3,(H,14,15,16);/q+1;-1. The lowest BCUT2D eigenvalue weighted by Crippen LogP contribution is -2.08. The Labute approximate surface area is 131 Å². The van der Waals surface area contributed by atoms with Crippen molar-refractivity contribution in [3.63, 3.8) is 0 Å². The van der Waals surface area contributed by atoms with Crippen LogP contribution < -0.4 is 0 Å². The van der Waals surface area contributed by atoms with Crippen LogP contribution in [0.5, 0.6) is 0 Å². The zero-order valence-corrected chi connectivity index (χ0v) is 13.3. The molecular formula is C13H18BF4N5. The maximum Gasteiger partial charge on any atom is 0.673 e. The first kappa shape index (κ1) is 18.7. The van der Waals surface area contributed by atoms with Gasteiger partial charge >= 0.3 is 7.25 Å². The zero-order chi connectivity index (χ0) is 17.6. The van der Waals surface area contributed by atoms with Crippen molar-refractivity contribution in [2.75, 3.05) is 28.2 Å². The zero-order valence-electron chi connectivity index (χ0n) is 13.3. The highest BCUT2D eigenvalue weighted by Gasteiger charge is 2.20. The third kappa shape index (κ3) is 6.94. The van der Waals surface area contributed by atoms with E-state index in [2.05, 4.69) is 27.4 Å². The Bertz CT molecular complexity index is 696. The Kier molecular flexibility index (Phi) is 6.29. The second-order valence-electron chi connectivity index (χ2n) is 5.10. The van der Waals surface area contributed by atoms with Crippen molar-refractivity contribution in [2.45, 2.75) is 0 Å². The lowest BCUT2D eigenvalue weighted by atomic mass is 10.1. The molecule has 2 aromatic rings.